The van der Waals surface area contributed by atoms with Gasteiger partial charge in [-0.25, -0.2) is 4.79 Å². The molecule has 8 nitrogen and oxygen atoms in total. The van der Waals surface area contributed by atoms with E-state index >= 15 is 0 Å². The zero-order valence-corrected chi connectivity index (χ0v) is 20.4. The van der Waals surface area contributed by atoms with Crippen LogP contribution in [0.4, 0.5) is 46.4 Å². The third-order valence-electron chi connectivity index (χ3n) is 5.91. The summed E-state index contributed by atoms with van der Waals surface area (Å²) in [4.78, 5) is 28.1. The zero-order valence-electron chi connectivity index (χ0n) is 20.4. The number of hydrogen-bond acceptors (Lipinski definition) is 4. The fourth-order valence-electron chi connectivity index (χ4n) is 4.11. The molecule has 11 heteroatoms. The number of hydrogen-bond donors (Lipinski definition) is 5. The molecule has 0 fully saturated rings. The van der Waals surface area contributed by atoms with Crippen molar-refractivity contribution in [1.82, 2.24) is 4.98 Å². The minimum atomic E-state index is -4.52. The fourth-order valence-corrected chi connectivity index (χ4v) is 4.11. The summed E-state index contributed by atoms with van der Waals surface area (Å²) in [7, 11) is 1.49. The molecule has 0 radical (unpaired) electrons. The summed E-state index contributed by atoms with van der Waals surface area (Å²) in [6, 6.07) is 17.6. The molecular formula is C28H22F3N5O3. The summed E-state index contributed by atoms with van der Waals surface area (Å²) in [6.45, 7) is 0. The van der Waals surface area contributed by atoms with Gasteiger partial charge in [-0.3, -0.25) is 4.79 Å². The first-order valence-electron chi connectivity index (χ1n) is 11.7. The first-order chi connectivity index (χ1) is 18.7. The van der Waals surface area contributed by atoms with Gasteiger partial charge in [0.25, 0.3) is 5.91 Å². The fraction of sp³-hybridized carbons (Fsp3) is 0.0714. The largest absolute Gasteiger partial charge is 0.495 e. The van der Waals surface area contributed by atoms with Gasteiger partial charge in [-0.15, -0.1) is 0 Å². The summed E-state index contributed by atoms with van der Waals surface area (Å²) >= 11 is 0. The van der Waals surface area contributed by atoms with E-state index in [4.69, 9.17) is 4.74 Å². The Morgan fingerprint density at radius 3 is 2.41 bits per heavy atom. The number of benzene rings is 3. The maximum Gasteiger partial charge on any atom is 0.416 e. The lowest BCUT2D eigenvalue weighted by Crippen LogP contribution is -2.20. The second-order valence-electron chi connectivity index (χ2n) is 8.60. The van der Waals surface area contributed by atoms with E-state index in [0.29, 0.717) is 34.1 Å². The molecule has 2 heterocycles. The number of aromatic amines is 1. The number of methoxy groups -OCH3 is 1. The van der Waals surface area contributed by atoms with Gasteiger partial charge in [0.2, 0.25) is 0 Å². The smallest absolute Gasteiger partial charge is 0.416 e. The van der Waals surface area contributed by atoms with Crippen molar-refractivity contribution < 1.29 is 27.5 Å². The van der Waals surface area contributed by atoms with Crippen molar-refractivity contribution in [2.24, 2.45) is 0 Å². The van der Waals surface area contributed by atoms with Crippen molar-refractivity contribution in [2.75, 3.05) is 28.4 Å². The number of aromatic nitrogens is 1. The normalized spacial score (nSPS) is 13.5. The summed E-state index contributed by atoms with van der Waals surface area (Å²) in [6.07, 6.45) is -0.972. The van der Waals surface area contributed by atoms with Gasteiger partial charge in [0.1, 0.15) is 5.75 Å². The Morgan fingerprint density at radius 1 is 0.923 bits per heavy atom. The molecule has 3 amide bonds. The van der Waals surface area contributed by atoms with Crippen LogP contribution >= 0.6 is 0 Å². The second-order valence-corrected chi connectivity index (χ2v) is 8.60. The highest BCUT2D eigenvalue weighted by atomic mass is 19.4. The number of carbonyl (C=O) groups excluding carboxylic acids is 2. The molecular weight excluding hydrogens is 511 g/mol. The second kappa shape index (κ2) is 10.3. The van der Waals surface area contributed by atoms with E-state index in [1.54, 1.807) is 36.5 Å². The van der Waals surface area contributed by atoms with Gasteiger partial charge in [0.15, 0.2) is 0 Å². The molecule has 5 rings (SSSR count). The molecule has 3 aromatic carbocycles. The Hall–Kier alpha value is -5.19. The number of carbonyl (C=O) groups is 2. The van der Waals surface area contributed by atoms with Crippen LogP contribution in [0.1, 0.15) is 16.8 Å². The van der Waals surface area contributed by atoms with Crippen LogP contribution in [0, 0.1) is 0 Å². The van der Waals surface area contributed by atoms with Gasteiger partial charge in [0, 0.05) is 34.5 Å². The molecule has 0 saturated heterocycles. The van der Waals surface area contributed by atoms with E-state index in [1.165, 1.54) is 19.2 Å². The first-order valence-corrected chi connectivity index (χ1v) is 11.7. The van der Waals surface area contributed by atoms with Crippen LogP contribution < -0.4 is 26.0 Å². The first kappa shape index (κ1) is 25.5. The number of alkyl halides is 3. The van der Waals surface area contributed by atoms with E-state index in [-0.39, 0.29) is 11.6 Å². The van der Waals surface area contributed by atoms with E-state index < -0.39 is 17.8 Å². The summed E-state index contributed by atoms with van der Waals surface area (Å²) in [5.41, 5.74) is 3.40. The summed E-state index contributed by atoms with van der Waals surface area (Å²) in [5.74, 6) is 0.267. The monoisotopic (exact) mass is 533 g/mol. The van der Waals surface area contributed by atoms with Crippen LogP contribution in [0.25, 0.3) is 11.6 Å². The van der Waals surface area contributed by atoms with Crippen molar-refractivity contribution in [2.45, 2.75) is 6.18 Å². The number of H-pyrrole nitrogens is 1. The Kier molecular flexibility index (Phi) is 6.72. The molecule has 198 valence electrons. The van der Waals surface area contributed by atoms with Gasteiger partial charge in [-0.2, -0.15) is 13.2 Å². The molecule has 0 spiro atoms. The molecule has 1 aliphatic rings. The minimum absolute atomic E-state index is 0.000872. The molecule has 5 N–H and O–H groups in total. The maximum atomic E-state index is 13.0. The third-order valence-corrected chi connectivity index (χ3v) is 5.91. The highest BCUT2D eigenvalue weighted by Gasteiger charge is 2.30. The van der Waals surface area contributed by atoms with Gasteiger partial charge < -0.3 is 31.0 Å². The highest BCUT2D eigenvalue weighted by molar-refractivity contribution is 6.35. The van der Waals surface area contributed by atoms with Crippen LogP contribution in [0.15, 0.2) is 79.0 Å². The van der Waals surface area contributed by atoms with Crippen LogP contribution in [0.2, 0.25) is 0 Å². The van der Waals surface area contributed by atoms with E-state index in [9.17, 15) is 22.8 Å². The van der Waals surface area contributed by atoms with Gasteiger partial charge in [-0.1, -0.05) is 12.1 Å². The van der Waals surface area contributed by atoms with Gasteiger partial charge in [0.05, 0.1) is 29.6 Å². The molecule has 0 unspecified atom stereocenters. The topological polar surface area (TPSA) is 107 Å². The Balaban J connectivity index is 1.32. The number of urea groups is 1. The molecule has 0 bridgehead atoms. The molecule has 0 saturated carbocycles. The predicted octanol–water partition coefficient (Wildman–Crippen LogP) is 6.92. The van der Waals surface area contributed by atoms with Gasteiger partial charge >= 0.3 is 12.2 Å². The van der Waals surface area contributed by atoms with Crippen LogP contribution in [0.5, 0.6) is 5.75 Å². The SMILES string of the molecule is COc1ccc(NC(=O)Nc2cccc(C(F)(F)F)c2)cc1Nc1ccc2c(c1)NC(=O)/C2=C\c1ccc[nH]1. The summed E-state index contributed by atoms with van der Waals surface area (Å²) in [5, 5.41) is 11.1. The quantitative estimate of drug-likeness (QED) is 0.173. The van der Waals surface area contributed by atoms with Crippen LogP contribution in [-0.2, 0) is 11.0 Å². The van der Waals surface area contributed by atoms with E-state index in [0.717, 1.165) is 23.4 Å². The van der Waals surface area contributed by atoms with Crippen LogP contribution in [-0.4, -0.2) is 24.0 Å². The lowest BCUT2D eigenvalue weighted by molar-refractivity contribution is -0.137. The van der Waals surface area contributed by atoms with E-state index in [1.807, 2.05) is 24.3 Å². The van der Waals surface area contributed by atoms with Crippen molar-refractivity contribution in [3.05, 3.63) is 95.8 Å². The standard InChI is InChI=1S/C28H22F3N5O3/c1-39-25-10-8-20(35-27(38)34-18-5-2-4-16(12-18)28(29,30)31)15-24(25)33-19-7-9-21-22(13-17-6-3-11-32-17)26(37)36-23(21)14-19/h2-15,32-33H,1H3,(H,36,37)(H2,34,35,38)/b22-13-. The summed E-state index contributed by atoms with van der Waals surface area (Å²) < 4.78 is 44.3. The lowest BCUT2D eigenvalue weighted by Gasteiger charge is -2.15. The number of fused-ring (bicyclic) bond motifs is 1. The number of anilines is 5. The Labute approximate surface area is 220 Å². The molecule has 1 aliphatic heterocycles. The van der Waals surface area contributed by atoms with Crippen molar-refractivity contribution in [3.8, 4) is 5.75 Å². The number of ether oxygens (including phenoxy) is 1. The molecule has 1 aromatic heterocycles. The van der Waals surface area contributed by atoms with Crippen molar-refractivity contribution in [1.29, 1.82) is 0 Å². The van der Waals surface area contributed by atoms with E-state index in [2.05, 4.69) is 26.3 Å². The minimum Gasteiger partial charge on any atom is -0.495 e. The predicted molar refractivity (Wildman–Crippen MR) is 144 cm³/mol. The maximum absolute atomic E-state index is 13.0. The van der Waals surface area contributed by atoms with Gasteiger partial charge in [-0.05, 0) is 66.7 Å². The molecule has 39 heavy (non-hydrogen) atoms. The molecule has 0 atom stereocenters. The van der Waals surface area contributed by atoms with Crippen molar-refractivity contribution >= 4 is 52.0 Å². The third kappa shape index (κ3) is 5.72. The Bertz CT molecular complexity index is 1580. The number of nitrogens with one attached hydrogen (secondary N) is 5. The average molecular weight is 534 g/mol. The molecule has 0 aliphatic carbocycles. The lowest BCUT2D eigenvalue weighted by atomic mass is 10.1. The van der Waals surface area contributed by atoms with Crippen LogP contribution in [0.3, 0.4) is 0 Å². The Morgan fingerprint density at radius 2 is 1.69 bits per heavy atom. The number of amides is 3. The number of halogens is 3. The zero-order chi connectivity index (χ0) is 27.6. The number of rotatable bonds is 6. The average Bonchev–Trinajstić information content (AvgIpc) is 3.51. The van der Waals surface area contributed by atoms with Crippen molar-refractivity contribution in [3.63, 3.8) is 0 Å². The highest BCUT2D eigenvalue weighted by Crippen LogP contribution is 2.37. The molecule has 4 aromatic rings.